The lowest BCUT2D eigenvalue weighted by Crippen LogP contribution is -2.28. The Morgan fingerprint density at radius 2 is 2.06 bits per heavy atom. The van der Waals surface area contributed by atoms with Gasteiger partial charge in [0, 0.05) is 12.2 Å². The van der Waals surface area contributed by atoms with Crippen molar-refractivity contribution in [2.45, 2.75) is 37.8 Å². The molecule has 0 saturated heterocycles. The monoisotopic (exact) mass is 353 g/mol. The third kappa shape index (κ3) is 3.18. The van der Waals surface area contributed by atoms with E-state index in [-0.39, 0.29) is 11.4 Å². The maximum atomic E-state index is 9.42. The minimum Gasteiger partial charge on any atom is -0.393 e. The molecule has 1 aliphatic carbocycles. The first-order valence-electron chi connectivity index (χ1n) is 5.28. The lowest BCUT2D eigenvalue weighted by atomic mass is 9.93. The van der Waals surface area contributed by atoms with E-state index < -0.39 is 0 Å². The van der Waals surface area contributed by atoms with Gasteiger partial charge in [-0.2, -0.15) is 4.98 Å². The van der Waals surface area contributed by atoms with Crippen LogP contribution in [0.5, 0.6) is 0 Å². The number of aromatic nitrogens is 2. The van der Waals surface area contributed by atoms with Crippen LogP contribution in [0.3, 0.4) is 0 Å². The topological polar surface area (TPSA) is 58.0 Å². The molecule has 0 bridgehead atoms. The fourth-order valence-corrected chi connectivity index (χ4v) is 2.41. The third-order valence-corrected chi connectivity index (χ3v) is 3.72. The van der Waals surface area contributed by atoms with Crippen molar-refractivity contribution in [2.24, 2.45) is 0 Å². The molecule has 0 atom stereocenters. The van der Waals surface area contributed by atoms with E-state index in [0.29, 0.717) is 6.04 Å². The van der Waals surface area contributed by atoms with E-state index >= 15 is 0 Å². The van der Waals surface area contributed by atoms with Crippen molar-refractivity contribution < 1.29 is 5.11 Å². The molecule has 0 unspecified atom stereocenters. The number of rotatable bonds is 2. The number of nitrogens with zero attached hydrogens (tertiary/aromatic N) is 2. The van der Waals surface area contributed by atoms with E-state index in [1.807, 2.05) is 0 Å². The summed E-state index contributed by atoms with van der Waals surface area (Å²) in [5, 5.41) is 13.0. The van der Waals surface area contributed by atoms with Gasteiger partial charge in [-0.25, -0.2) is 4.98 Å². The van der Waals surface area contributed by atoms with Crippen LogP contribution in [0.15, 0.2) is 6.20 Å². The van der Waals surface area contributed by atoms with Crippen molar-refractivity contribution in [3.05, 3.63) is 15.1 Å². The van der Waals surface area contributed by atoms with Gasteiger partial charge in [-0.15, -0.1) is 0 Å². The second kappa shape index (κ2) is 5.46. The minimum atomic E-state index is -0.133. The molecule has 1 aromatic heterocycles. The molecule has 6 heteroatoms. The second-order valence-corrected chi connectivity index (χ2v) is 5.49. The SMILES string of the molecule is OC1CCC(Nc2nc(Cl)ncc2I)CC1. The van der Waals surface area contributed by atoms with Gasteiger partial charge in [0.05, 0.1) is 9.67 Å². The molecule has 0 aliphatic heterocycles. The van der Waals surface area contributed by atoms with Crippen LogP contribution >= 0.6 is 34.2 Å². The van der Waals surface area contributed by atoms with Crippen LogP contribution in [-0.2, 0) is 0 Å². The highest BCUT2D eigenvalue weighted by Gasteiger charge is 2.20. The number of hydrogen-bond donors (Lipinski definition) is 2. The number of anilines is 1. The maximum absolute atomic E-state index is 9.42. The van der Waals surface area contributed by atoms with E-state index in [9.17, 15) is 5.11 Å². The highest BCUT2D eigenvalue weighted by Crippen LogP contribution is 2.24. The van der Waals surface area contributed by atoms with Crippen LogP contribution in [0, 0.1) is 3.57 Å². The highest BCUT2D eigenvalue weighted by molar-refractivity contribution is 14.1. The zero-order valence-electron chi connectivity index (χ0n) is 8.66. The van der Waals surface area contributed by atoms with Crippen molar-refractivity contribution in [1.29, 1.82) is 0 Å². The quantitative estimate of drug-likeness (QED) is 0.633. The summed E-state index contributed by atoms with van der Waals surface area (Å²) >= 11 is 7.93. The molecule has 1 heterocycles. The van der Waals surface area contributed by atoms with Gasteiger partial charge in [-0.1, -0.05) is 0 Å². The summed E-state index contributed by atoms with van der Waals surface area (Å²) in [4.78, 5) is 8.07. The standard InChI is InChI=1S/C10H13ClIN3O/c11-10-13-5-8(12)9(15-10)14-6-1-3-7(16)4-2-6/h5-7,16H,1-4H2,(H,13,14,15). The number of aliphatic hydroxyl groups is 1. The molecule has 16 heavy (non-hydrogen) atoms. The Balaban J connectivity index is 2.00. The Labute approximate surface area is 113 Å². The summed E-state index contributed by atoms with van der Waals surface area (Å²) in [7, 11) is 0. The minimum absolute atomic E-state index is 0.133. The van der Waals surface area contributed by atoms with Crippen LogP contribution < -0.4 is 5.32 Å². The second-order valence-electron chi connectivity index (χ2n) is 3.99. The van der Waals surface area contributed by atoms with Gasteiger partial charge in [-0.3, -0.25) is 0 Å². The van der Waals surface area contributed by atoms with E-state index in [2.05, 4.69) is 37.9 Å². The first kappa shape index (κ1) is 12.3. The molecule has 1 aliphatic rings. The summed E-state index contributed by atoms with van der Waals surface area (Å²) in [5.74, 6) is 0.794. The molecule has 88 valence electrons. The molecule has 1 fully saturated rings. The van der Waals surface area contributed by atoms with Crippen molar-refractivity contribution in [2.75, 3.05) is 5.32 Å². The molecule has 1 saturated carbocycles. The van der Waals surface area contributed by atoms with Crippen LogP contribution in [0.2, 0.25) is 5.28 Å². The summed E-state index contributed by atoms with van der Waals surface area (Å²) in [5.41, 5.74) is 0. The van der Waals surface area contributed by atoms with Gasteiger partial charge in [0.25, 0.3) is 0 Å². The van der Waals surface area contributed by atoms with E-state index in [1.54, 1.807) is 6.20 Å². The molecular weight excluding hydrogens is 340 g/mol. The van der Waals surface area contributed by atoms with Crippen LogP contribution in [0.25, 0.3) is 0 Å². The number of halogens is 2. The van der Waals surface area contributed by atoms with Crippen molar-refractivity contribution >= 4 is 40.0 Å². The predicted octanol–water partition coefficient (Wildman–Crippen LogP) is 2.45. The first-order chi connectivity index (χ1) is 7.65. The first-order valence-corrected chi connectivity index (χ1v) is 6.73. The molecule has 0 amide bonds. The molecular formula is C10H13ClIN3O. The Hall–Kier alpha value is -0.140. The summed E-state index contributed by atoms with van der Waals surface area (Å²) in [6.07, 6.45) is 5.22. The largest absolute Gasteiger partial charge is 0.393 e. The lowest BCUT2D eigenvalue weighted by Gasteiger charge is -2.26. The van der Waals surface area contributed by atoms with Gasteiger partial charge < -0.3 is 10.4 Å². The average molecular weight is 354 g/mol. The Kier molecular flexibility index (Phi) is 4.21. The number of nitrogens with one attached hydrogen (secondary N) is 1. The Bertz CT molecular complexity index is 369. The van der Waals surface area contributed by atoms with Crippen molar-refractivity contribution in [3.63, 3.8) is 0 Å². The maximum Gasteiger partial charge on any atom is 0.224 e. The smallest absolute Gasteiger partial charge is 0.224 e. The molecule has 1 aromatic rings. The predicted molar refractivity (Wildman–Crippen MR) is 71.6 cm³/mol. The van der Waals surface area contributed by atoms with Crippen molar-refractivity contribution in [1.82, 2.24) is 9.97 Å². The summed E-state index contributed by atoms with van der Waals surface area (Å²) < 4.78 is 0.966. The van der Waals surface area contributed by atoms with Gasteiger partial charge in [0.15, 0.2) is 0 Å². The van der Waals surface area contributed by atoms with Gasteiger partial charge in [0.1, 0.15) is 5.82 Å². The molecule has 2 rings (SSSR count). The number of aliphatic hydroxyl groups excluding tert-OH is 1. The van der Waals surface area contributed by atoms with E-state index in [1.165, 1.54) is 0 Å². The summed E-state index contributed by atoms with van der Waals surface area (Å²) in [6, 6.07) is 0.378. The van der Waals surface area contributed by atoms with Crippen LogP contribution in [-0.4, -0.2) is 27.2 Å². The zero-order chi connectivity index (χ0) is 11.5. The molecule has 2 N–H and O–H groups in total. The molecule has 0 aromatic carbocycles. The Morgan fingerprint density at radius 1 is 1.38 bits per heavy atom. The van der Waals surface area contributed by atoms with Gasteiger partial charge in [-0.05, 0) is 59.9 Å². The van der Waals surface area contributed by atoms with E-state index in [0.717, 1.165) is 35.1 Å². The zero-order valence-corrected chi connectivity index (χ0v) is 11.6. The molecule has 0 spiro atoms. The van der Waals surface area contributed by atoms with Gasteiger partial charge in [0.2, 0.25) is 5.28 Å². The van der Waals surface area contributed by atoms with Crippen LogP contribution in [0.1, 0.15) is 25.7 Å². The van der Waals surface area contributed by atoms with Crippen LogP contribution in [0.4, 0.5) is 5.82 Å². The fourth-order valence-electron chi connectivity index (χ4n) is 1.86. The highest BCUT2D eigenvalue weighted by atomic mass is 127. The lowest BCUT2D eigenvalue weighted by molar-refractivity contribution is 0.126. The van der Waals surface area contributed by atoms with Crippen molar-refractivity contribution in [3.8, 4) is 0 Å². The third-order valence-electron chi connectivity index (χ3n) is 2.75. The molecule has 4 nitrogen and oxygen atoms in total. The average Bonchev–Trinajstić information content (AvgIpc) is 2.27. The molecule has 0 radical (unpaired) electrons. The number of hydrogen-bond acceptors (Lipinski definition) is 4. The van der Waals surface area contributed by atoms with Gasteiger partial charge >= 0.3 is 0 Å². The van der Waals surface area contributed by atoms with E-state index in [4.69, 9.17) is 11.6 Å². The summed E-state index contributed by atoms with van der Waals surface area (Å²) in [6.45, 7) is 0. The normalized spacial score (nSPS) is 25.4. The fraction of sp³-hybridized carbons (Fsp3) is 0.600. The Morgan fingerprint density at radius 3 is 2.75 bits per heavy atom.